The van der Waals surface area contributed by atoms with Gasteiger partial charge in [-0.15, -0.1) is 0 Å². The third-order valence-corrected chi connectivity index (χ3v) is 5.13. The molecule has 34 heavy (non-hydrogen) atoms. The van der Waals surface area contributed by atoms with Crippen molar-refractivity contribution in [1.29, 1.82) is 0 Å². The maximum absolute atomic E-state index is 12.3. The standard InChI is InChI=1S/C25H25N5O4/c1-3-29(4-2)22-14-8-18(9-15-22)17-26-28-25(32)19-10-12-21(13-11-19)27-24(31)20-6-5-7-23(16-20)30(33)34/h5-17H,3-4H2,1-2H3,(H,27,31)(H,28,32). The molecule has 0 aliphatic rings. The van der Waals surface area contributed by atoms with Gasteiger partial charge in [0.25, 0.3) is 17.5 Å². The van der Waals surface area contributed by atoms with Crippen LogP contribution in [0.5, 0.6) is 0 Å². The number of hydrogen-bond acceptors (Lipinski definition) is 6. The Morgan fingerprint density at radius 3 is 2.24 bits per heavy atom. The van der Waals surface area contributed by atoms with E-state index >= 15 is 0 Å². The van der Waals surface area contributed by atoms with E-state index in [1.807, 2.05) is 24.3 Å². The molecule has 3 aromatic carbocycles. The molecule has 0 unspecified atom stereocenters. The van der Waals surface area contributed by atoms with Crippen LogP contribution in [0.1, 0.15) is 40.1 Å². The zero-order valence-electron chi connectivity index (χ0n) is 18.9. The molecule has 3 rings (SSSR count). The Morgan fingerprint density at radius 2 is 1.62 bits per heavy atom. The summed E-state index contributed by atoms with van der Waals surface area (Å²) in [5, 5.41) is 17.5. The second-order valence-corrected chi connectivity index (χ2v) is 7.30. The van der Waals surface area contributed by atoms with Gasteiger partial charge in [0.05, 0.1) is 11.1 Å². The lowest BCUT2D eigenvalue weighted by molar-refractivity contribution is -0.384. The van der Waals surface area contributed by atoms with E-state index in [4.69, 9.17) is 0 Å². The first-order valence-electron chi connectivity index (χ1n) is 10.8. The molecule has 9 nitrogen and oxygen atoms in total. The summed E-state index contributed by atoms with van der Waals surface area (Å²) in [7, 11) is 0. The minimum absolute atomic E-state index is 0.162. The predicted molar refractivity (Wildman–Crippen MR) is 133 cm³/mol. The van der Waals surface area contributed by atoms with Gasteiger partial charge in [0.1, 0.15) is 0 Å². The third-order valence-electron chi connectivity index (χ3n) is 5.13. The maximum Gasteiger partial charge on any atom is 0.271 e. The Morgan fingerprint density at radius 1 is 0.941 bits per heavy atom. The lowest BCUT2D eigenvalue weighted by Gasteiger charge is -2.20. The van der Waals surface area contributed by atoms with Crippen LogP contribution in [0.4, 0.5) is 17.1 Å². The molecule has 2 N–H and O–H groups in total. The Balaban J connectivity index is 1.56. The molecule has 0 spiro atoms. The van der Waals surface area contributed by atoms with Gasteiger partial charge in [-0.2, -0.15) is 5.10 Å². The molecule has 0 aliphatic carbocycles. The van der Waals surface area contributed by atoms with Gasteiger partial charge in [-0.3, -0.25) is 19.7 Å². The summed E-state index contributed by atoms with van der Waals surface area (Å²) in [6, 6.07) is 19.6. The number of carbonyl (C=O) groups excluding carboxylic acids is 2. The monoisotopic (exact) mass is 459 g/mol. The summed E-state index contributed by atoms with van der Waals surface area (Å²) < 4.78 is 0. The highest BCUT2D eigenvalue weighted by molar-refractivity contribution is 6.05. The van der Waals surface area contributed by atoms with Gasteiger partial charge >= 0.3 is 0 Å². The van der Waals surface area contributed by atoms with Crippen molar-refractivity contribution < 1.29 is 14.5 Å². The van der Waals surface area contributed by atoms with E-state index in [9.17, 15) is 19.7 Å². The highest BCUT2D eigenvalue weighted by Gasteiger charge is 2.12. The molecule has 0 atom stereocenters. The van der Waals surface area contributed by atoms with Crippen LogP contribution >= 0.6 is 0 Å². The number of nitrogens with zero attached hydrogens (tertiary/aromatic N) is 3. The molecule has 0 bridgehead atoms. The highest BCUT2D eigenvalue weighted by Crippen LogP contribution is 2.16. The molecule has 0 saturated carbocycles. The van der Waals surface area contributed by atoms with Crippen molar-refractivity contribution in [3.05, 3.63) is 99.6 Å². The molecule has 2 amide bonds. The smallest absolute Gasteiger partial charge is 0.271 e. The Bertz CT molecular complexity index is 1190. The molecule has 9 heteroatoms. The van der Waals surface area contributed by atoms with Gasteiger partial charge in [-0.1, -0.05) is 18.2 Å². The number of rotatable bonds is 9. The second-order valence-electron chi connectivity index (χ2n) is 7.30. The fraction of sp³-hybridized carbons (Fsp3) is 0.160. The van der Waals surface area contributed by atoms with Crippen molar-refractivity contribution in [1.82, 2.24) is 5.43 Å². The van der Waals surface area contributed by atoms with E-state index in [0.717, 1.165) is 24.3 Å². The van der Waals surface area contributed by atoms with E-state index in [1.54, 1.807) is 30.5 Å². The topological polar surface area (TPSA) is 117 Å². The van der Waals surface area contributed by atoms with Crippen molar-refractivity contribution in [2.75, 3.05) is 23.3 Å². The van der Waals surface area contributed by atoms with Crippen molar-refractivity contribution in [3.8, 4) is 0 Å². The molecule has 0 aliphatic heterocycles. The van der Waals surface area contributed by atoms with Crippen LogP contribution in [0.25, 0.3) is 0 Å². The van der Waals surface area contributed by atoms with Crippen molar-refractivity contribution in [2.24, 2.45) is 5.10 Å². The van der Waals surface area contributed by atoms with Crippen LogP contribution < -0.4 is 15.6 Å². The summed E-state index contributed by atoms with van der Waals surface area (Å²) in [5.74, 6) is -0.884. The molecule has 0 fully saturated rings. The number of nitro benzene ring substituents is 1. The number of hydrazone groups is 1. The van der Waals surface area contributed by atoms with Crippen LogP contribution in [0, 0.1) is 10.1 Å². The van der Waals surface area contributed by atoms with E-state index < -0.39 is 16.7 Å². The van der Waals surface area contributed by atoms with Crippen LogP contribution in [0.15, 0.2) is 77.9 Å². The summed E-state index contributed by atoms with van der Waals surface area (Å²) in [4.78, 5) is 37.2. The van der Waals surface area contributed by atoms with Gasteiger partial charge < -0.3 is 10.2 Å². The number of carbonyl (C=O) groups is 2. The molecular formula is C25H25N5O4. The molecular weight excluding hydrogens is 434 g/mol. The van der Waals surface area contributed by atoms with Gasteiger partial charge in [0, 0.05) is 47.7 Å². The predicted octanol–water partition coefficient (Wildman–Crippen LogP) is 4.46. The average Bonchev–Trinajstić information content (AvgIpc) is 2.86. The highest BCUT2D eigenvalue weighted by atomic mass is 16.6. The van der Waals surface area contributed by atoms with Crippen LogP contribution in [0.2, 0.25) is 0 Å². The number of nitro groups is 1. The van der Waals surface area contributed by atoms with Gasteiger partial charge in [0.2, 0.25) is 0 Å². The molecule has 0 radical (unpaired) electrons. The molecule has 3 aromatic rings. The third kappa shape index (κ3) is 6.26. The fourth-order valence-corrected chi connectivity index (χ4v) is 3.26. The van der Waals surface area contributed by atoms with Crippen molar-refractivity contribution >= 4 is 35.1 Å². The first-order valence-corrected chi connectivity index (χ1v) is 10.8. The largest absolute Gasteiger partial charge is 0.372 e. The number of anilines is 2. The molecule has 174 valence electrons. The Labute approximate surface area is 197 Å². The fourth-order valence-electron chi connectivity index (χ4n) is 3.26. The van der Waals surface area contributed by atoms with E-state index in [-0.39, 0.29) is 11.3 Å². The summed E-state index contributed by atoms with van der Waals surface area (Å²) in [6.45, 7) is 6.06. The maximum atomic E-state index is 12.3. The van der Waals surface area contributed by atoms with Crippen molar-refractivity contribution in [2.45, 2.75) is 13.8 Å². The average molecular weight is 460 g/mol. The SMILES string of the molecule is CCN(CC)c1ccc(C=NNC(=O)c2ccc(NC(=O)c3cccc([N+](=O)[O-])c3)cc2)cc1. The van der Waals surface area contributed by atoms with E-state index in [2.05, 4.69) is 34.6 Å². The number of nitrogens with one attached hydrogen (secondary N) is 2. The van der Waals surface area contributed by atoms with Gasteiger partial charge in [-0.25, -0.2) is 5.43 Å². The molecule has 0 heterocycles. The van der Waals surface area contributed by atoms with Crippen LogP contribution in [-0.2, 0) is 0 Å². The number of amides is 2. The lowest BCUT2D eigenvalue weighted by atomic mass is 10.1. The zero-order chi connectivity index (χ0) is 24.5. The number of non-ortho nitro benzene ring substituents is 1. The van der Waals surface area contributed by atoms with Crippen LogP contribution in [-0.4, -0.2) is 36.0 Å². The van der Waals surface area contributed by atoms with E-state index in [0.29, 0.717) is 11.3 Å². The minimum Gasteiger partial charge on any atom is -0.372 e. The van der Waals surface area contributed by atoms with Crippen molar-refractivity contribution in [3.63, 3.8) is 0 Å². The first-order chi connectivity index (χ1) is 16.4. The lowest BCUT2D eigenvalue weighted by Crippen LogP contribution is -2.21. The normalized spacial score (nSPS) is 10.6. The van der Waals surface area contributed by atoms with Crippen LogP contribution in [0.3, 0.4) is 0 Å². The van der Waals surface area contributed by atoms with E-state index in [1.165, 1.54) is 24.3 Å². The Hall–Kier alpha value is -4.53. The zero-order valence-corrected chi connectivity index (χ0v) is 18.9. The number of hydrogen-bond donors (Lipinski definition) is 2. The van der Waals surface area contributed by atoms with Gasteiger partial charge in [-0.05, 0) is 61.9 Å². The summed E-state index contributed by atoms with van der Waals surface area (Å²) >= 11 is 0. The molecule has 0 saturated heterocycles. The minimum atomic E-state index is -0.561. The summed E-state index contributed by atoms with van der Waals surface area (Å²) in [6.07, 6.45) is 1.57. The molecule has 0 aromatic heterocycles. The number of benzene rings is 3. The van der Waals surface area contributed by atoms with Gasteiger partial charge in [0.15, 0.2) is 0 Å². The summed E-state index contributed by atoms with van der Waals surface area (Å²) in [5.41, 5.74) is 5.27. The first kappa shape index (κ1) is 24.1. The Kier molecular flexibility index (Phi) is 8.07. The second kappa shape index (κ2) is 11.4. The quantitative estimate of drug-likeness (QED) is 0.278.